The van der Waals surface area contributed by atoms with Gasteiger partial charge < -0.3 is 19.5 Å². The Morgan fingerprint density at radius 1 is 1.08 bits per heavy atom. The summed E-state index contributed by atoms with van der Waals surface area (Å²) in [6, 6.07) is 14.2. The van der Waals surface area contributed by atoms with Crippen molar-refractivity contribution in [3.8, 4) is 11.5 Å². The van der Waals surface area contributed by atoms with Crippen LogP contribution in [0.5, 0.6) is 11.5 Å². The van der Waals surface area contributed by atoms with Gasteiger partial charge in [-0.15, -0.1) is 0 Å². The fraction of sp³-hybridized carbons (Fsp3) is 0.263. The molecule has 0 aromatic heterocycles. The summed E-state index contributed by atoms with van der Waals surface area (Å²) < 4.78 is 15.6. The highest BCUT2D eigenvalue weighted by molar-refractivity contribution is 5.94. The van der Waals surface area contributed by atoms with Gasteiger partial charge in [-0.05, 0) is 36.8 Å². The first kappa shape index (κ1) is 18.3. The van der Waals surface area contributed by atoms with Crippen LogP contribution in [0, 0.1) is 0 Å². The molecule has 6 nitrogen and oxygen atoms in total. The van der Waals surface area contributed by atoms with E-state index in [0.717, 1.165) is 5.56 Å². The topological polar surface area (TPSA) is 73.9 Å². The number of para-hydroxylation sites is 2. The summed E-state index contributed by atoms with van der Waals surface area (Å²) in [5.41, 5.74) is 1.30. The van der Waals surface area contributed by atoms with Crippen molar-refractivity contribution in [2.75, 3.05) is 25.6 Å². The molecule has 0 fully saturated rings. The van der Waals surface area contributed by atoms with Gasteiger partial charge in [0.15, 0.2) is 6.61 Å². The number of carbonyl (C=O) groups excluding carboxylic acids is 2. The second kappa shape index (κ2) is 9.32. The Hall–Kier alpha value is -3.02. The molecule has 0 bridgehead atoms. The van der Waals surface area contributed by atoms with E-state index in [2.05, 4.69) is 5.32 Å². The minimum absolute atomic E-state index is 0.0695. The van der Waals surface area contributed by atoms with Crippen molar-refractivity contribution in [2.24, 2.45) is 0 Å². The third kappa shape index (κ3) is 5.84. The van der Waals surface area contributed by atoms with Gasteiger partial charge in [-0.3, -0.25) is 9.59 Å². The number of anilines is 1. The van der Waals surface area contributed by atoms with Crippen LogP contribution >= 0.6 is 0 Å². The summed E-state index contributed by atoms with van der Waals surface area (Å²) in [4.78, 5) is 23.8. The summed E-state index contributed by atoms with van der Waals surface area (Å²) >= 11 is 0. The van der Waals surface area contributed by atoms with Crippen LogP contribution in [-0.4, -0.2) is 32.2 Å². The minimum Gasteiger partial charge on any atom is -0.497 e. The molecule has 0 aliphatic carbocycles. The summed E-state index contributed by atoms with van der Waals surface area (Å²) in [5, 5.41) is 2.67. The highest BCUT2D eigenvalue weighted by Crippen LogP contribution is 2.23. The zero-order chi connectivity index (χ0) is 18.1. The Morgan fingerprint density at radius 2 is 1.88 bits per heavy atom. The van der Waals surface area contributed by atoms with Crippen molar-refractivity contribution >= 4 is 17.6 Å². The summed E-state index contributed by atoms with van der Waals surface area (Å²) in [7, 11) is 1.56. The molecule has 0 atom stereocenters. The van der Waals surface area contributed by atoms with Gasteiger partial charge in [0.1, 0.15) is 11.5 Å². The van der Waals surface area contributed by atoms with Gasteiger partial charge >= 0.3 is 5.97 Å². The summed E-state index contributed by atoms with van der Waals surface area (Å²) in [6.45, 7) is 1.99. The van der Waals surface area contributed by atoms with Gasteiger partial charge in [-0.2, -0.15) is 0 Å². The average molecular weight is 343 g/mol. The van der Waals surface area contributed by atoms with Gasteiger partial charge in [0.25, 0.3) is 5.91 Å². The monoisotopic (exact) mass is 343 g/mol. The van der Waals surface area contributed by atoms with Crippen LogP contribution in [0.2, 0.25) is 0 Å². The third-order valence-corrected chi connectivity index (χ3v) is 3.31. The molecule has 0 saturated carbocycles. The number of hydrogen-bond acceptors (Lipinski definition) is 5. The van der Waals surface area contributed by atoms with Crippen LogP contribution in [0.25, 0.3) is 0 Å². The van der Waals surface area contributed by atoms with Gasteiger partial charge in [0, 0.05) is 0 Å². The number of esters is 1. The zero-order valence-corrected chi connectivity index (χ0v) is 14.3. The molecule has 6 heteroatoms. The molecule has 25 heavy (non-hydrogen) atoms. The van der Waals surface area contributed by atoms with Crippen LogP contribution in [0.3, 0.4) is 0 Å². The van der Waals surface area contributed by atoms with E-state index >= 15 is 0 Å². The predicted molar refractivity (Wildman–Crippen MR) is 93.9 cm³/mol. The van der Waals surface area contributed by atoms with Crippen LogP contribution in [0.1, 0.15) is 12.5 Å². The SMILES string of the molecule is CCOc1ccccc1NC(=O)COC(=O)Cc1cccc(OC)c1. The summed E-state index contributed by atoms with van der Waals surface area (Å²) in [6.07, 6.45) is 0.0695. The Bertz CT molecular complexity index is 729. The molecule has 2 aromatic rings. The Balaban J connectivity index is 1.84. The van der Waals surface area contributed by atoms with E-state index in [0.29, 0.717) is 23.8 Å². The van der Waals surface area contributed by atoms with E-state index in [9.17, 15) is 9.59 Å². The number of carbonyl (C=O) groups is 2. The molecule has 0 aliphatic rings. The number of nitrogens with one attached hydrogen (secondary N) is 1. The van der Waals surface area contributed by atoms with Crippen molar-refractivity contribution in [3.63, 3.8) is 0 Å². The van der Waals surface area contributed by atoms with E-state index in [1.165, 1.54) is 0 Å². The molecule has 0 saturated heterocycles. The number of methoxy groups -OCH3 is 1. The number of amides is 1. The van der Waals surface area contributed by atoms with Crippen LogP contribution < -0.4 is 14.8 Å². The van der Waals surface area contributed by atoms with E-state index < -0.39 is 11.9 Å². The quantitative estimate of drug-likeness (QED) is 0.746. The summed E-state index contributed by atoms with van der Waals surface area (Å²) in [5.74, 6) is 0.323. The van der Waals surface area contributed by atoms with Gasteiger partial charge in [0.2, 0.25) is 0 Å². The smallest absolute Gasteiger partial charge is 0.310 e. The lowest BCUT2D eigenvalue weighted by Gasteiger charge is -2.11. The molecule has 0 heterocycles. The van der Waals surface area contributed by atoms with Gasteiger partial charge in [-0.25, -0.2) is 0 Å². The largest absolute Gasteiger partial charge is 0.497 e. The molecule has 0 spiro atoms. The number of benzene rings is 2. The molecule has 0 aliphatic heterocycles. The van der Waals surface area contributed by atoms with E-state index in [1.807, 2.05) is 13.0 Å². The predicted octanol–water partition coefficient (Wildman–Crippen LogP) is 2.82. The first-order chi connectivity index (χ1) is 12.1. The maximum Gasteiger partial charge on any atom is 0.310 e. The molecule has 132 valence electrons. The van der Waals surface area contributed by atoms with Crippen LogP contribution in [0.4, 0.5) is 5.69 Å². The lowest BCUT2D eigenvalue weighted by atomic mass is 10.1. The van der Waals surface area contributed by atoms with Crippen LogP contribution in [0.15, 0.2) is 48.5 Å². The molecule has 2 aromatic carbocycles. The molecular formula is C19H21NO5. The lowest BCUT2D eigenvalue weighted by Crippen LogP contribution is -2.22. The Kier molecular flexibility index (Phi) is 6.83. The first-order valence-corrected chi connectivity index (χ1v) is 7.92. The van der Waals surface area contributed by atoms with Crippen molar-refractivity contribution in [1.29, 1.82) is 0 Å². The number of ether oxygens (including phenoxy) is 3. The minimum atomic E-state index is -0.485. The Labute approximate surface area is 146 Å². The average Bonchev–Trinajstić information content (AvgIpc) is 2.62. The van der Waals surface area contributed by atoms with E-state index in [1.54, 1.807) is 49.6 Å². The van der Waals surface area contributed by atoms with Crippen LogP contribution in [-0.2, 0) is 20.7 Å². The second-order valence-electron chi connectivity index (χ2n) is 5.17. The molecular weight excluding hydrogens is 322 g/mol. The number of hydrogen-bond donors (Lipinski definition) is 1. The van der Waals surface area contributed by atoms with Crippen molar-refractivity contribution in [3.05, 3.63) is 54.1 Å². The van der Waals surface area contributed by atoms with E-state index in [4.69, 9.17) is 14.2 Å². The maximum atomic E-state index is 12.0. The van der Waals surface area contributed by atoms with Crippen molar-refractivity contribution in [2.45, 2.75) is 13.3 Å². The highest BCUT2D eigenvalue weighted by atomic mass is 16.5. The van der Waals surface area contributed by atoms with Gasteiger partial charge in [-0.1, -0.05) is 24.3 Å². The fourth-order valence-corrected chi connectivity index (χ4v) is 2.18. The Morgan fingerprint density at radius 3 is 2.64 bits per heavy atom. The van der Waals surface area contributed by atoms with Gasteiger partial charge in [0.05, 0.1) is 25.8 Å². The molecule has 0 unspecified atom stereocenters. The number of rotatable bonds is 8. The molecule has 1 amide bonds. The van der Waals surface area contributed by atoms with E-state index in [-0.39, 0.29) is 13.0 Å². The standard InChI is InChI=1S/C19H21NO5/c1-3-24-17-10-5-4-9-16(17)20-18(21)13-25-19(22)12-14-7-6-8-15(11-14)23-2/h4-11H,3,12-13H2,1-2H3,(H,20,21). The third-order valence-electron chi connectivity index (χ3n) is 3.31. The highest BCUT2D eigenvalue weighted by Gasteiger charge is 2.11. The zero-order valence-electron chi connectivity index (χ0n) is 14.3. The molecule has 1 N–H and O–H groups in total. The van der Waals surface area contributed by atoms with Crippen molar-refractivity contribution in [1.82, 2.24) is 0 Å². The van der Waals surface area contributed by atoms with Crippen molar-refractivity contribution < 1.29 is 23.8 Å². The fourth-order valence-electron chi connectivity index (χ4n) is 2.18. The maximum absolute atomic E-state index is 12.0. The molecule has 0 radical (unpaired) electrons. The first-order valence-electron chi connectivity index (χ1n) is 7.92. The lowest BCUT2D eigenvalue weighted by molar-refractivity contribution is -0.146. The molecule has 2 rings (SSSR count). The normalized spacial score (nSPS) is 10.0. The second-order valence-corrected chi connectivity index (χ2v) is 5.17.